The van der Waals surface area contributed by atoms with E-state index in [4.69, 9.17) is 4.74 Å². The van der Waals surface area contributed by atoms with E-state index in [1.165, 1.54) is 0 Å². The standard InChI is InChI=1S/C19H24BrN3O3/c1-2-26-19(25)23-10-6-14(7-11-23)21-18(24)9-13-22-12-8-15-16(20)4-3-5-17(15)22/h3-5,8,12,14H,2,6-7,9-11,13H2,1H3,(H,21,24). The van der Waals surface area contributed by atoms with Crippen LogP contribution in [-0.2, 0) is 16.1 Å². The number of benzene rings is 1. The molecule has 2 aromatic rings. The Labute approximate surface area is 161 Å². The third-order valence-corrected chi connectivity index (χ3v) is 5.42. The lowest BCUT2D eigenvalue weighted by molar-refractivity contribution is -0.122. The van der Waals surface area contributed by atoms with E-state index in [1.807, 2.05) is 18.3 Å². The van der Waals surface area contributed by atoms with Crippen LogP contribution in [0.5, 0.6) is 0 Å². The minimum atomic E-state index is -0.261. The number of amides is 2. The Hall–Kier alpha value is -2.02. The fraction of sp³-hybridized carbons (Fsp3) is 0.474. The first kappa shape index (κ1) is 18.8. The smallest absolute Gasteiger partial charge is 0.409 e. The molecule has 0 spiro atoms. The van der Waals surface area contributed by atoms with E-state index >= 15 is 0 Å². The van der Waals surface area contributed by atoms with Crippen LogP contribution in [0.15, 0.2) is 34.9 Å². The second kappa shape index (κ2) is 8.58. The van der Waals surface area contributed by atoms with Gasteiger partial charge in [-0.25, -0.2) is 4.79 Å². The largest absolute Gasteiger partial charge is 0.450 e. The van der Waals surface area contributed by atoms with Gasteiger partial charge in [0.05, 0.1) is 6.61 Å². The van der Waals surface area contributed by atoms with E-state index < -0.39 is 0 Å². The predicted octanol–water partition coefficient (Wildman–Crippen LogP) is 3.53. The first-order valence-corrected chi connectivity index (χ1v) is 9.82. The van der Waals surface area contributed by atoms with Crippen molar-refractivity contribution < 1.29 is 14.3 Å². The topological polar surface area (TPSA) is 63.6 Å². The number of likely N-dealkylation sites (tertiary alicyclic amines) is 1. The van der Waals surface area contributed by atoms with Gasteiger partial charge in [-0.1, -0.05) is 22.0 Å². The average Bonchev–Trinajstić information content (AvgIpc) is 3.05. The summed E-state index contributed by atoms with van der Waals surface area (Å²) in [5, 5.41) is 4.24. The fourth-order valence-corrected chi connectivity index (χ4v) is 3.81. The molecule has 140 valence electrons. The second-order valence-electron chi connectivity index (χ2n) is 6.46. The van der Waals surface area contributed by atoms with Gasteiger partial charge in [-0.05, 0) is 38.0 Å². The zero-order valence-electron chi connectivity index (χ0n) is 14.9. The Morgan fingerprint density at radius 1 is 1.27 bits per heavy atom. The number of hydrogen-bond donors (Lipinski definition) is 1. The van der Waals surface area contributed by atoms with Gasteiger partial charge in [0.1, 0.15) is 0 Å². The molecule has 1 N–H and O–H groups in total. The summed E-state index contributed by atoms with van der Waals surface area (Å²) in [6, 6.07) is 8.26. The summed E-state index contributed by atoms with van der Waals surface area (Å²) in [5.41, 5.74) is 1.12. The lowest BCUT2D eigenvalue weighted by Gasteiger charge is -2.31. The monoisotopic (exact) mass is 421 g/mol. The highest BCUT2D eigenvalue weighted by atomic mass is 79.9. The van der Waals surface area contributed by atoms with Gasteiger partial charge in [-0.3, -0.25) is 4.79 Å². The van der Waals surface area contributed by atoms with E-state index in [1.54, 1.807) is 11.8 Å². The first-order valence-electron chi connectivity index (χ1n) is 9.03. The number of hydrogen-bond acceptors (Lipinski definition) is 3. The Morgan fingerprint density at radius 3 is 2.77 bits per heavy atom. The Kier molecular flexibility index (Phi) is 6.19. The van der Waals surface area contributed by atoms with Crippen molar-refractivity contribution in [1.82, 2.24) is 14.8 Å². The van der Waals surface area contributed by atoms with Crippen LogP contribution in [0.25, 0.3) is 10.9 Å². The maximum atomic E-state index is 12.3. The summed E-state index contributed by atoms with van der Waals surface area (Å²) in [5.74, 6) is 0.0523. The van der Waals surface area contributed by atoms with E-state index in [0.29, 0.717) is 32.7 Å². The second-order valence-corrected chi connectivity index (χ2v) is 7.31. The minimum absolute atomic E-state index is 0.0523. The van der Waals surface area contributed by atoms with Crippen molar-refractivity contribution in [3.05, 3.63) is 34.9 Å². The molecule has 1 aromatic carbocycles. The molecule has 0 bridgehead atoms. The van der Waals surface area contributed by atoms with Crippen molar-refractivity contribution in [2.24, 2.45) is 0 Å². The Morgan fingerprint density at radius 2 is 2.04 bits per heavy atom. The molecule has 26 heavy (non-hydrogen) atoms. The van der Waals surface area contributed by atoms with Gasteiger partial charge in [0.2, 0.25) is 5.91 Å². The summed E-state index contributed by atoms with van der Waals surface area (Å²) in [6.07, 6.45) is 3.73. The van der Waals surface area contributed by atoms with Crippen LogP contribution < -0.4 is 5.32 Å². The number of fused-ring (bicyclic) bond motifs is 1. The van der Waals surface area contributed by atoms with Crippen molar-refractivity contribution in [3.63, 3.8) is 0 Å². The molecule has 6 nitrogen and oxygen atoms in total. The molecule has 2 heterocycles. The predicted molar refractivity (Wildman–Crippen MR) is 104 cm³/mol. The number of nitrogens with zero attached hydrogens (tertiary/aromatic N) is 2. The molecule has 0 aliphatic carbocycles. The lowest BCUT2D eigenvalue weighted by Crippen LogP contribution is -2.46. The number of aryl methyl sites for hydroxylation is 1. The minimum Gasteiger partial charge on any atom is -0.450 e. The van der Waals surface area contributed by atoms with Gasteiger partial charge in [0.15, 0.2) is 0 Å². The molecule has 1 saturated heterocycles. The highest BCUT2D eigenvalue weighted by molar-refractivity contribution is 9.10. The molecule has 0 atom stereocenters. The van der Waals surface area contributed by atoms with Crippen molar-refractivity contribution in [2.45, 2.75) is 38.8 Å². The molecule has 3 rings (SSSR count). The van der Waals surface area contributed by atoms with Crippen molar-refractivity contribution in [1.29, 1.82) is 0 Å². The highest BCUT2D eigenvalue weighted by Gasteiger charge is 2.24. The average molecular weight is 422 g/mol. The molecule has 1 aliphatic heterocycles. The number of carbonyl (C=O) groups is 2. The van der Waals surface area contributed by atoms with Crippen molar-refractivity contribution >= 4 is 38.8 Å². The molecule has 7 heteroatoms. The lowest BCUT2D eigenvalue weighted by atomic mass is 10.1. The first-order chi connectivity index (χ1) is 12.6. The number of nitrogens with one attached hydrogen (secondary N) is 1. The molecule has 1 fully saturated rings. The SMILES string of the molecule is CCOC(=O)N1CCC(NC(=O)CCn2ccc3c(Br)cccc32)CC1. The number of aromatic nitrogens is 1. The Balaban J connectivity index is 1.46. The van der Waals surface area contributed by atoms with Crippen LogP contribution in [0.4, 0.5) is 4.79 Å². The summed E-state index contributed by atoms with van der Waals surface area (Å²) < 4.78 is 8.18. The van der Waals surface area contributed by atoms with Crippen LogP contribution in [0.1, 0.15) is 26.2 Å². The number of ether oxygens (including phenoxy) is 1. The molecular formula is C19H24BrN3O3. The number of halogens is 1. The van der Waals surface area contributed by atoms with Crippen LogP contribution in [-0.4, -0.2) is 47.2 Å². The van der Waals surface area contributed by atoms with Crippen molar-refractivity contribution in [2.75, 3.05) is 19.7 Å². The Bertz CT molecular complexity index is 781. The van der Waals surface area contributed by atoms with Gasteiger partial charge >= 0.3 is 6.09 Å². The molecule has 1 aromatic heterocycles. The fourth-order valence-electron chi connectivity index (χ4n) is 3.32. The molecule has 0 unspecified atom stereocenters. The highest BCUT2D eigenvalue weighted by Crippen LogP contribution is 2.24. The molecular weight excluding hydrogens is 398 g/mol. The maximum Gasteiger partial charge on any atom is 0.409 e. The van der Waals surface area contributed by atoms with Crippen LogP contribution in [0.2, 0.25) is 0 Å². The molecule has 2 amide bonds. The number of piperidine rings is 1. The van der Waals surface area contributed by atoms with Crippen LogP contribution >= 0.6 is 15.9 Å². The van der Waals surface area contributed by atoms with Gasteiger partial charge < -0.3 is 19.5 Å². The summed E-state index contributed by atoms with van der Waals surface area (Å²) >= 11 is 3.55. The van der Waals surface area contributed by atoms with Gasteiger partial charge in [-0.15, -0.1) is 0 Å². The summed E-state index contributed by atoms with van der Waals surface area (Å²) in [7, 11) is 0. The molecule has 0 saturated carbocycles. The third kappa shape index (κ3) is 4.38. The van der Waals surface area contributed by atoms with E-state index in [0.717, 1.165) is 28.2 Å². The van der Waals surface area contributed by atoms with Gasteiger partial charge in [-0.2, -0.15) is 0 Å². The van der Waals surface area contributed by atoms with E-state index in [-0.39, 0.29) is 18.0 Å². The van der Waals surface area contributed by atoms with Gasteiger partial charge in [0, 0.05) is 53.7 Å². The van der Waals surface area contributed by atoms with E-state index in [9.17, 15) is 9.59 Å². The summed E-state index contributed by atoms with van der Waals surface area (Å²) in [4.78, 5) is 25.7. The number of rotatable bonds is 5. The summed E-state index contributed by atoms with van der Waals surface area (Å²) in [6.45, 7) is 4.09. The zero-order chi connectivity index (χ0) is 18.5. The third-order valence-electron chi connectivity index (χ3n) is 4.73. The van der Waals surface area contributed by atoms with E-state index in [2.05, 4.69) is 37.9 Å². The van der Waals surface area contributed by atoms with Crippen LogP contribution in [0.3, 0.4) is 0 Å². The quantitative estimate of drug-likeness (QED) is 0.802. The number of carbonyl (C=O) groups excluding carboxylic acids is 2. The van der Waals surface area contributed by atoms with Gasteiger partial charge in [0.25, 0.3) is 0 Å². The maximum absolute atomic E-state index is 12.3. The normalized spacial score (nSPS) is 15.2. The molecule has 1 aliphatic rings. The van der Waals surface area contributed by atoms with Crippen molar-refractivity contribution in [3.8, 4) is 0 Å². The van der Waals surface area contributed by atoms with Crippen LogP contribution in [0, 0.1) is 0 Å². The zero-order valence-corrected chi connectivity index (χ0v) is 16.5. The molecule has 0 radical (unpaired) electrons.